The van der Waals surface area contributed by atoms with Crippen LogP contribution >= 0.6 is 0 Å². The lowest BCUT2D eigenvalue weighted by Gasteiger charge is -1.95. The van der Waals surface area contributed by atoms with E-state index in [1.54, 1.807) is 0 Å². The van der Waals surface area contributed by atoms with Gasteiger partial charge in [0, 0.05) is 5.92 Å². The van der Waals surface area contributed by atoms with Crippen molar-refractivity contribution >= 4 is 0 Å². The minimum atomic E-state index is 0.456. The molecule has 0 spiro atoms. The Hall–Kier alpha value is -0.300. The van der Waals surface area contributed by atoms with Crippen LogP contribution in [0.3, 0.4) is 0 Å². The molecule has 2 unspecified atom stereocenters. The van der Waals surface area contributed by atoms with Gasteiger partial charge in [-0.2, -0.15) is 0 Å². The minimum Gasteiger partial charge on any atom is -0.378 e. The molecule has 1 heterocycles. The zero-order valence-electron chi connectivity index (χ0n) is 5.26. The molecule has 1 heteroatoms. The molecule has 1 rings (SSSR count). The Kier molecular flexibility index (Phi) is 1.69. The van der Waals surface area contributed by atoms with Crippen LogP contribution in [0.4, 0.5) is 0 Å². The van der Waals surface area contributed by atoms with Crippen LogP contribution in [-0.2, 0) is 4.74 Å². The molecule has 0 aromatic rings. The van der Waals surface area contributed by atoms with Crippen molar-refractivity contribution in [3.05, 3.63) is 12.7 Å². The number of ether oxygens (including phenoxy) is 1. The zero-order valence-corrected chi connectivity index (χ0v) is 5.26. The summed E-state index contributed by atoms with van der Waals surface area (Å²) in [5.41, 5.74) is 0. The lowest BCUT2D eigenvalue weighted by atomic mass is 10.1. The molecule has 1 fully saturated rings. The summed E-state index contributed by atoms with van der Waals surface area (Å²) in [6.45, 7) is 6.68. The van der Waals surface area contributed by atoms with Gasteiger partial charge >= 0.3 is 0 Å². The van der Waals surface area contributed by atoms with Crippen molar-refractivity contribution in [1.29, 1.82) is 0 Å². The van der Waals surface area contributed by atoms with E-state index in [0.29, 0.717) is 12.0 Å². The van der Waals surface area contributed by atoms with Crippen LogP contribution in [0.25, 0.3) is 0 Å². The van der Waals surface area contributed by atoms with Gasteiger partial charge in [0.2, 0.25) is 0 Å². The van der Waals surface area contributed by atoms with Crippen LogP contribution in [0.2, 0.25) is 0 Å². The van der Waals surface area contributed by atoms with E-state index in [4.69, 9.17) is 4.74 Å². The SMILES string of the molecule is C=CC1COC(C)C1. The van der Waals surface area contributed by atoms with E-state index in [2.05, 4.69) is 13.5 Å². The van der Waals surface area contributed by atoms with Gasteiger partial charge in [-0.25, -0.2) is 0 Å². The topological polar surface area (TPSA) is 9.23 Å². The van der Waals surface area contributed by atoms with Crippen molar-refractivity contribution in [3.8, 4) is 0 Å². The Balaban J connectivity index is 2.32. The second-order valence-electron chi connectivity index (χ2n) is 2.38. The van der Waals surface area contributed by atoms with Crippen LogP contribution in [0.5, 0.6) is 0 Å². The van der Waals surface area contributed by atoms with E-state index < -0.39 is 0 Å². The Labute approximate surface area is 50.3 Å². The Morgan fingerprint density at radius 3 is 2.75 bits per heavy atom. The van der Waals surface area contributed by atoms with Crippen molar-refractivity contribution in [2.75, 3.05) is 6.61 Å². The van der Waals surface area contributed by atoms with Crippen molar-refractivity contribution in [3.63, 3.8) is 0 Å². The first-order chi connectivity index (χ1) is 3.83. The molecule has 0 aromatic heterocycles. The quantitative estimate of drug-likeness (QED) is 0.468. The molecule has 1 nitrogen and oxygen atoms in total. The third-order valence-electron chi connectivity index (χ3n) is 1.56. The minimum absolute atomic E-state index is 0.456. The molecule has 0 amide bonds. The lowest BCUT2D eigenvalue weighted by molar-refractivity contribution is 0.122. The summed E-state index contributed by atoms with van der Waals surface area (Å²) in [6, 6.07) is 0. The van der Waals surface area contributed by atoms with Crippen molar-refractivity contribution in [2.24, 2.45) is 5.92 Å². The largest absolute Gasteiger partial charge is 0.378 e. The molecule has 1 aliphatic heterocycles. The van der Waals surface area contributed by atoms with Crippen LogP contribution in [0, 0.1) is 5.92 Å². The predicted octanol–water partition coefficient (Wildman–Crippen LogP) is 1.60. The fourth-order valence-electron chi connectivity index (χ4n) is 1.01. The van der Waals surface area contributed by atoms with E-state index in [0.717, 1.165) is 13.0 Å². The number of hydrogen-bond donors (Lipinski definition) is 0. The summed E-state index contributed by atoms with van der Waals surface area (Å²) < 4.78 is 5.29. The molecule has 1 saturated heterocycles. The van der Waals surface area contributed by atoms with E-state index >= 15 is 0 Å². The van der Waals surface area contributed by atoms with Crippen molar-refractivity contribution in [1.82, 2.24) is 0 Å². The van der Waals surface area contributed by atoms with Crippen LogP contribution in [0.1, 0.15) is 13.3 Å². The third-order valence-corrected chi connectivity index (χ3v) is 1.56. The highest BCUT2D eigenvalue weighted by Crippen LogP contribution is 2.18. The van der Waals surface area contributed by atoms with Gasteiger partial charge in [0.25, 0.3) is 0 Å². The Morgan fingerprint density at radius 1 is 1.75 bits per heavy atom. The van der Waals surface area contributed by atoms with Crippen molar-refractivity contribution in [2.45, 2.75) is 19.4 Å². The zero-order chi connectivity index (χ0) is 5.98. The Bertz CT molecular complexity index is 88.4. The smallest absolute Gasteiger partial charge is 0.0553 e. The van der Waals surface area contributed by atoms with E-state index in [1.807, 2.05) is 6.08 Å². The van der Waals surface area contributed by atoms with Gasteiger partial charge in [0.05, 0.1) is 12.7 Å². The monoisotopic (exact) mass is 112 g/mol. The number of hydrogen-bond acceptors (Lipinski definition) is 1. The summed E-state index contributed by atoms with van der Waals surface area (Å²) in [5.74, 6) is 0.616. The summed E-state index contributed by atoms with van der Waals surface area (Å²) in [4.78, 5) is 0. The third kappa shape index (κ3) is 1.10. The standard InChI is InChI=1S/C7H12O/c1-3-7-4-6(2)8-5-7/h3,6-7H,1,4-5H2,2H3. The molecule has 1 aliphatic rings. The van der Waals surface area contributed by atoms with Gasteiger partial charge < -0.3 is 4.74 Å². The van der Waals surface area contributed by atoms with Crippen LogP contribution in [0.15, 0.2) is 12.7 Å². The second-order valence-corrected chi connectivity index (χ2v) is 2.38. The molecule has 8 heavy (non-hydrogen) atoms. The summed E-state index contributed by atoms with van der Waals surface area (Å²) in [7, 11) is 0. The maximum absolute atomic E-state index is 5.29. The maximum Gasteiger partial charge on any atom is 0.0553 e. The van der Waals surface area contributed by atoms with E-state index in [-0.39, 0.29) is 0 Å². The second kappa shape index (κ2) is 2.31. The predicted molar refractivity (Wildman–Crippen MR) is 33.7 cm³/mol. The first-order valence-electron chi connectivity index (χ1n) is 3.07. The first-order valence-corrected chi connectivity index (χ1v) is 3.07. The highest BCUT2D eigenvalue weighted by atomic mass is 16.5. The summed E-state index contributed by atoms with van der Waals surface area (Å²) >= 11 is 0. The first kappa shape index (κ1) is 5.83. The lowest BCUT2D eigenvalue weighted by Crippen LogP contribution is -1.94. The normalized spacial score (nSPS) is 37.6. The van der Waals surface area contributed by atoms with E-state index in [1.165, 1.54) is 0 Å². The Morgan fingerprint density at radius 2 is 2.50 bits per heavy atom. The number of rotatable bonds is 1. The maximum atomic E-state index is 5.29. The highest BCUT2D eigenvalue weighted by molar-refractivity contribution is 4.84. The molecule has 0 aromatic carbocycles. The molecule has 0 radical (unpaired) electrons. The highest BCUT2D eigenvalue weighted by Gasteiger charge is 2.18. The van der Waals surface area contributed by atoms with Gasteiger partial charge in [-0.1, -0.05) is 6.08 Å². The van der Waals surface area contributed by atoms with Crippen molar-refractivity contribution < 1.29 is 4.74 Å². The molecule has 2 atom stereocenters. The summed E-state index contributed by atoms with van der Waals surface area (Å²) in [5, 5.41) is 0. The molecule has 0 saturated carbocycles. The van der Waals surface area contributed by atoms with Gasteiger partial charge in [0.1, 0.15) is 0 Å². The summed E-state index contributed by atoms with van der Waals surface area (Å²) in [6.07, 6.45) is 3.59. The molecule has 0 N–H and O–H groups in total. The fraction of sp³-hybridized carbons (Fsp3) is 0.714. The molecular formula is C7H12O. The molecular weight excluding hydrogens is 100 g/mol. The van der Waals surface area contributed by atoms with Gasteiger partial charge in [-0.3, -0.25) is 0 Å². The fourth-order valence-corrected chi connectivity index (χ4v) is 1.01. The van der Waals surface area contributed by atoms with Gasteiger partial charge in [-0.15, -0.1) is 6.58 Å². The van der Waals surface area contributed by atoms with Crippen LogP contribution in [-0.4, -0.2) is 12.7 Å². The molecule has 0 bridgehead atoms. The van der Waals surface area contributed by atoms with Crippen LogP contribution < -0.4 is 0 Å². The van der Waals surface area contributed by atoms with Gasteiger partial charge in [-0.05, 0) is 13.3 Å². The van der Waals surface area contributed by atoms with E-state index in [9.17, 15) is 0 Å². The average Bonchev–Trinajstić information content (AvgIpc) is 2.14. The average molecular weight is 112 g/mol. The van der Waals surface area contributed by atoms with Gasteiger partial charge in [0.15, 0.2) is 0 Å². The molecule has 0 aliphatic carbocycles. The molecule has 46 valence electrons.